The molecule has 0 unspecified atom stereocenters. The largest absolute Gasteiger partial charge is 0.314 e. The van der Waals surface area contributed by atoms with Crippen molar-refractivity contribution in [2.24, 2.45) is 0 Å². The molecule has 88 valence electrons. The number of alkyl halides is 1. The molecule has 2 rings (SSSR count). The first kappa shape index (κ1) is 11.6. The molecule has 0 spiro atoms. The van der Waals surface area contributed by atoms with E-state index < -0.39 is 0 Å². The van der Waals surface area contributed by atoms with Gasteiger partial charge in [-0.05, 0) is 12.5 Å². The molecule has 1 aliphatic rings. The second kappa shape index (κ2) is 5.41. The lowest BCUT2D eigenvalue weighted by Gasteiger charge is -2.33. The highest BCUT2D eigenvalue weighted by Gasteiger charge is 2.21. The van der Waals surface area contributed by atoms with Crippen LogP contribution in [0, 0.1) is 6.92 Å². The Balaban J connectivity index is 2.11. The third-order valence-corrected chi connectivity index (χ3v) is 3.20. The lowest BCUT2D eigenvalue weighted by molar-refractivity contribution is 0.147. The van der Waals surface area contributed by atoms with Crippen molar-refractivity contribution in [2.75, 3.05) is 32.9 Å². The summed E-state index contributed by atoms with van der Waals surface area (Å²) in [5.41, 5.74) is 2.32. The van der Waals surface area contributed by atoms with Gasteiger partial charge in [0.05, 0.1) is 6.04 Å². The van der Waals surface area contributed by atoms with Crippen LogP contribution in [-0.2, 0) is 0 Å². The molecule has 1 saturated heterocycles. The van der Waals surface area contributed by atoms with Crippen molar-refractivity contribution >= 4 is 0 Å². The number of benzene rings is 1. The maximum absolute atomic E-state index is 13.2. The van der Waals surface area contributed by atoms with Gasteiger partial charge in [0.1, 0.15) is 6.67 Å². The van der Waals surface area contributed by atoms with Gasteiger partial charge in [-0.15, -0.1) is 0 Å². The Morgan fingerprint density at radius 3 is 2.44 bits per heavy atom. The summed E-state index contributed by atoms with van der Waals surface area (Å²) in [5.74, 6) is 0. The summed E-state index contributed by atoms with van der Waals surface area (Å²) in [4.78, 5) is 2.22. The van der Waals surface area contributed by atoms with Crippen LogP contribution in [0.4, 0.5) is 4.39 Å². The molecule has 1 heterocycles. The van der Waals surface area contributed by atoms with Crippen LogP contribution in [0.1, 0.15) is 17.2 Å². The molecule has 1 fully saturated rings. The number of aryl methyl sites for hydroxylation is 1. The Bertz CT molecular complexity index is 317. The van der Waals surface area contributed by atoms with Gasteiger partial charge in [0.15, 0.2) is 0 Å². The zero-order chi connectivity index (χ0) is 11.4. The molecule has 0 radical (unpaired) electrons. The van der Waals surface area contributed by atoms with Gasteiger partial charge in [-0.2, -0.15) is 0 Å². The molecular weight excluding hydrogens is 203 g/mol. The zero-order valence-corrected chi connectivity index (χ0v) is 9.75. The number of hydrogen-bond donors (Lipinski definition) is 1. The highest BCUT2D eigenvalue weighted by molar-refractivity contribution is 5.24. The summed E-state index contributed by atoms with van der Waals surface area (Å²) in [6.07, 6.45) is 0. The van der Waals surface area contributed by atoms with Gasteiger partial charge in [0.2, 0.25) is 0 Å². The first-order chi connectivity index (χ1) is 7.81. The van der Waals surface area contributed by atoms with Gasteiger partial charge in [-0.1, -0.05) is 29.8 Å². The van der Waals surface area contributed by atoms with Crippen molar-refractivity contribution in [3.8, 4) is 0 Å². The number of halogens is 1. The summed E-state index contributed by atoms with van der Waals surface area (Å²) in [6, 6.07) is 8.13. The Kier molecular flexibility index (Phi) is 3.91. The van der Waals surface area contributed by atoms with Gasteiger partial charge >= 0.3 is 0 Å². The Hall–Kier alpha value is -0.930. The summed E-state index contributed by atoms with van der Waals surface area (Å²) in [7, 11) is 0. The van der Waals surface area contributed by atoms with E-state index in [1.807, 2.05) is 12.1 Å². The number of hydrogen-bond acceptors (Lipinski definition) is 2. The Morgan fingerprint density at radius 2 is 1.88 bits per heavy atom. The van der Waals surface area contributed by atoms with Crippen LogP contribution >= 0.6 is 0 Å². The third kappa shape index (κ3) is 2.60. The van der Waals surface area contributed by atoms with E-state index in [0.29, 0.717) is 0 Å². The molecular formula is C13H19FN2. The molecule has 0 amide bonds. The summed E-state index contributed by atoms with van der Waals surface area (Å²) < 4.78 is 13.2. The van der Waals surface area contributed by atoms with E-state index >= 15 is 0 Å². The molecule has 0 saturated carbocycles. The van der Waals surface area contributed by atoms with Gasteiger partial charge in [0.25, 0.3) is 0 Å². The van der Waals surface area contributed by atoms with Gasteiger partial charge < -0.3 is 5.32 Å². The van der Waals surface area contributed by atoms with Crippen molar-refractivity contribution in [3.05, 3.63) is 35.4 Å². The van der Waals surface area contributed by atoms with Crippen LogP contribution in [0.2, 0.25) is 0 Å². The van der Waals surface area contributed by atoms with Crippen LogP contribution < -0.4 is 5.32 Å². The minimum Gasteiger partial charge on any atom is -0.314 e. The maximum atomic E-state index is 13.2. The van der Waals surface area contributed by atoms with E-state index in [9.17, 15) is 4.39 Å². The summed E-state index contributed by atoms with van der Waals surface area (Å²) in [6.45, 7) is 5.54. The van der Waals surface area contributed by atoms with Crippen LogP contribution in [0.15, 0.2) is 24.3 Å². The molecule has 0 aliphatic carbocycles. The predicted octanol–water partition coefficient (Wildman–Crippen LogP) is 1.91. The minimum absolute atomic E-state index is 0.0669. The van der Waals surface area contributed by atoms with E-state index in [4.69, 9.17) is 0 Å². The highest BCUT2D eigenvalue weighted by Crippen LogP contribution is 2.21. The molecule has 1 aromatic rings. The highest BCUT2D eigenvalue weighted by atomic mass is 19.1. The van der Waals surface area contributed by atoms with E-state index in [1.165, 1.54) is 5.56 Å². The number of rotatable bonds is 3. The van der Waals surface area contributed by atoms with E-state index in [2.05, 4.69) is 29.3 Å². The Morgan fingerprint density at radius 1 is 1.25 bits per heavy atom. The third-order valence-electron chi connectivity index (χ3n) is 3.20. The van der Waals surface area contributed by atoms with Gasteiger partial charge in [-0.3, -0.25) is 4.90 Å². The van der Waals surface area contributed by atoms with Crippen LogP contribution in [-0.4, -0.2) is 37.8 Å². The van der Waals surface area contributed by atoms with Crippen LogP contribution in [0.5, 0.6) is 0 Å². The molecule has 0 aromatic heterocycles. The lowest BCUT2D eigenvalue weighted by Crippen LogP contribution is -2.45. The number of nitrogens with zero attached hydrogens (tertiary/aromatic N) is 1. The van der Waals surface area contributed by atoms with Gasteiger partial charge in [0, 0.05) is 26.2 Å². The SMILES string of the molecule is Cc1ccc([C@@H](CF)N2CCNCC2)cc1. The lowest BCUT2D eigenvalue weighted by atomic mass is 10.0. The predicted molar refractivity (Wildman–Crippen MR) is 64.3 cm³/mol. The molecule has 1 aromatic carbocycles. The number of nitrogens with one attached hydrogen (secondary N) is 1. The molecule has 1 atom stereocenters. The summed E-state index contributed by atoms with van der Waals surface area (Å²) in [5, 5.41) is 3.29. The fourth-order valence-corrected chi connectivity index (χ4v) is 2.18. The van der Waals surface area contributed by atoms with Crippen LogP contribution in [0.3, 0.4) is 0 Å². The summed E-state index contributed by atoms with van der Waals surface area (Å²) >= 11 is 0. The zero-order valence-electron chi connectivity index (χ0n) is 9.75. The number of piperazine rings is 1. The Labute approximate surface area is 96.5 Å². The van der Waals surface area contributed by atoms with Crippen molar-refractivity contribution in [1.29, 1.82) is 0 Å². The van der Waals surface area contributed by atoms with Crippen molar-refractivity contribution in [1.82, 2.24) is 10.2 Å². The first-order valence-corrected chi connectivity index (χ1v) is 5.88. The van der Waals surface area contributed by atoms with E-state index in [-0.39, 0.29) is 12.7 Å². The standard InChI is InChI=1S/C13H19FN2/c1-11-2-4-12(5-3-11)13(10-14)16-8-6-15-7-9-16/h2-5,13,15H,6-10H2,1H3/t13-/m1/s1. The average molecular weight is 222 g/mol. The van der Waals surface area contributed by atoms with E-state index in [0.717, 1.165) is 31.7 Å². The molecule has 3 heteroatoms. The van der Waals surface area contributed by atoms with Gasteiger partial charge in [-0.25, -0.2) is 4.39 Å². The quantitative estimate of drug-likeness (QED) is 0.840. The molecule has 1 N–H and O–H groups in total. The normalized spacial score (nSPS) is 19.6. The molecule has 0 bridgehead atoms. The second-order valence-electron chi connectivity index (χ2n) is 4.37. The first-order valence-electron chi connectivity index (χ1n) is 5.88. The second-order valence-corrected chi connectivity index (χ2v) is 4.37. The molecule has 16 heavy (non-hydrogen) atoms. The fourth-order valence-electron chi connectivity index (χ4n) is 2.18. The fraction of sp³-hybridized carbons (Fsp3) is 0.538. The maximum Gasteiger partial charge on any atom is 0.109 e. The molecule has 2 nitrogen and oxygen atoms in total. The minimum atomic E-state index is -0.303. The molecule has 1 aliphatic heterocycles. The topological polar surface area (TPSA) is 15.3 Å². The van der Waals surface area contributed by atoms with Crippen LogP contribution in [0.25, 0.3) is 0 Å². The smallest absolute Gasteiger partial charge is 0.109 e. The van der Waals surface area contributed by atoms with Crippen molar-refractivity contribution < 1.29 is 4.39 Å². The van der Waals surface area contributed by atoms with Crippen molar-refractivity contribution in [3.63, 3.8) is 0 Å². The van der Waals surface area contributed by atoms with E-state index in [1.54, 1.807) is 0 Å². The monoisotopic (exact) mass is 222 g/mol. The average Bonchev–Trinajstić information content (AvgIpc) is 2.34. The van der Waals surface area contributed by atoms with Crippen molar-refractivity contribution in [2.45, 2.75) is 13.0 Å².